The summed E-state index contributed by atoms with van der Waals surface area (Å²) in [4.78, 5) is 22.4. The number of amides is 1. The van der Waals surface area contributed by atoms with E-state index in [2.05, 4.69) is 5.32 Å². The molecule has 5 heteroatoms. The lowest BCUT2D eigenvalue weighted by molar-refractivity contribution is -0.116. The molecule has 19 heavy (non-hydrogen) atoms. The fourth-order valence-corrected chi connectivity index (χ4v) is 2.05. The minimum absolute atomic E-state index is 0.0111. The van der Waals surface area contributed by atoms with Crippen LogP contribution in [0, 0.1) is 11.7 Å². The van der Waals surface area contributed by atoms with E-state index in [1.807, 2.05) is 12.2 Å². The van der Waals surface area contributed by atoms with Gasteiger partial charge in [0.25, 0.3) is 0 Å². The SMILES string of the molecule is O=C(CC1C=CCC1)Nc1ccc(C(=O)O)cc1F. The van der Waals surface area contributed by atoms with Crippen LogP contribution in [0.15, 0.2) is 30.4 Å². The summed E-state index contributed by atoms with van der Waals surface area (Å²) in [5.41, 5.74) is -0.133. The van der Waals surface area contributed by atoms with Gasteiger partial charge in [-0.25, -0.2) is 9.18 Å². The zero-order valence-corrected chi connectivity index (χ0v) is 10.2. The van der Waals surface area contributed by atoms with Gasteiger partial charge in [0, 0.05) is 6.42 Å². The van der Waals surface area contributed by atoms with Crippen molar-refractivity contribution in [3.05, 3.63) is 41.7 Å². The first-order chi connectivity index (χ1) is 9.06. The quantitative estimate of drug-likeness (QED) is 0.821. The van der Waals surface area contributed by atoms with Crippen LogP contribution in [0.3, 0.4) is 0 Å². The molecule has 1 amide bonds. The highest BCUT2D eigenvalue weighted by molar-refractivity contribution is 5.92. The fraction of sp³-hybridized carbons (Fsp3) is 0.286. The lowest BCUT2D eigenvalue weighted by Crippen LogP contribution is -2.16. The van der Waals surface area contributed by atoms with Gasteiger partial charge in [-0.05, 0) is 37.0 Å². The lowest BCUT2D eigenvalue weighted by atomic mass is 10.0. The molecule has 0 fully saturated rings. The van der Waals surface area contributed by atoms with Crippen LogP contribution >= 0.6 is 0 Å². The van der Waals surface area contributed by atoms with Gasteiger partial charge in [-0.1, -0.05) is 12.2 Å². The Bertz CT molecular complexity index is 539. The zero-order chi connectivity index (χ0) is 13.8. The van der Waals surface area contributed by atoms with Crippen molar-refractivity contribution in [3.8, 4) is 0 Å². The minimum Gasteiger partial charge on any atom is -0.478 e. The molecule has 0 heterocycles. The molecule has 0 aliphatic heterocycles. The normalized spacial score (nSPS) is 17.4. The minimum atomic E-state index is -1.20. The van der Waals surface area contributed by atoms with Gasteiger partial charge in [0.1, 0.15) is 5.82 Å². The van der Waals surface area contributed by atoms with Crippen LogP contribution in [0.1, 0.15) is 29.6 Å². The van der Waals surface area contributed by atoms with Crippen molar-refractivity contribution in [2.24, 2.45) is 5.92 Å². The second kappa shape index (κ2) is 5.65. The maximum absolute atomic E-state index is 13.6. The molecule has 1 aromatic carbocycles. The van der Waals surface area contributed by atoms with Crippen molar-refractivity contribution in [2.45, 2.75) is 19.3 Å². The predicted molar refractivity (Wildman–Crippen MR) is 68.5 cm³/mol. The highest BCUT2D eigenvalue weighted by Crippen LogP contribution is 2.22. The molecule has 0 radical (unpaired) electrons. The first-order valence-corrected chi connectivity index (χ1v) is 6.05. The number of aromatic carboxylic acids is 1. The smallest absolute Gasteiger partial charge is 0.335 e. The van der Waals surface area contributed by atoms with E-state index >= 15 is 0 Å². The molecule has 1 aromatic rings. The van der Waals surface area contributed by atoms with Gasteiger partial charge in [0.15, 0.2) is 0 Å². The van der Waals surface area contributed by atoms with E-state index in [4.69, 9.17) is 5.11 Å². The van der Waals surface area contributed by atoms with Crippen molar-refractivity contribution >= 4 is 17.6 Å². The number of carboxylic acid groups (broad SMARTS) is 1. The number of halogens is 1. The summed E-state index contributed by atoms with van der Waals surface area (Å²) in [5, 5.41) is 11.2. The summed E-state index contributed by atoms with van der Waals surface area (Å²) in [6, 6.07) is 3.42. The van der Waals surface area contributed by atoms with E-state index in [0.717, 1.165) is 18.9 Å². The molecule has 1 atom stereocenters. The van der Waals surface area contributed by atoms with Gasteiger partial charge in [0.2, 0.25) is 5.91 Å². The Morgan fingerprint density at radius 1 is 1.42 bits per heavy atom. The molecule has 1 aliphatic carbocycles. The number of benzene rings is 1. The number of carboxylic acids is 1. The largest absolute Gasteiger partial charge is 0.478 e. The number of rotatable bonds is 4. The van der Waals surface area contributed by atoms with E-state index < -0.39 is 11.8 Å². The molecule has 0 saturated heterocycles. The van der Waals surface area contributed by atoms with Crippen molar-refractivity contribution in [2.75, 3.05) is 5.32 Å². The van der Waals surface area contributed by atoms with Gasteiger partial charge in [-0.3, -0.25) is 4.79 Å². The second-order valence-corrected chi connectivity index (χ2v) is 4.52. The van der Waals surface area contributed by atoms with Crippen LogP contribution in [0.2, 0.25) is 0 Å². The molecule has 0 spiro atoms. The molecule has 100 valence electrons. The Morgan fingerprint density at radius 2 is 2.21 bits per heavy atom. The molecule has 1 aliphatic rings. The van der Waals surface area contributed by atoms with Crippen LogP contribution in [-0.4, -0.2) is 17.0 Å². The number of nitrogens with one attached hydrogen (secondary N) is 1. The predicted octanol–water partition coefficient (Wildman–Crippen LogP) is 2.82. The van der Waals surface area contributed by atoms with E-state index in [1.165, 1.54) is 12.1 Å². The van der Waals surface area contributed by atoms with Crippen molar-refractivity contribution in [1.82, 2.24) is 0 Å². The highest BCUT2D eigenvalue weighted by atomic mass is 19.1. The van der Waals surface area contributed by atoms with Crippen LogP contribution < -0.4 is 5.32 Å². The highest BCUT2D eigenvalue weighted by Gasteiger charge is 2.15. The third-order valence-corrected chi connectivity index (χ3v) is 3.05. The summed E-state index contributed by atoms with van der Waals surface area (Å²) in [6.45, 7) is 0. The Kier molecular flexibility index (Phi) is 3.94. The molecule has 2 N–H and O–H groups in total. The van der Waals surface area contributed by atoms with Crippen molar-refractivity contribution < 1.29 is 19.1 Å². The van der Waals surface area contributed by atoms with E-state index in [1.54, 1.807) is 0 Å². The number of hydrogen-bond acceptors (Lipinski definition) is 2. The second-order valence-electron chi connectivity index (χ2n) is 4.52. The zero-order valence-electron chi connectivity index (χ0n) is 10.2. The van der Waals surface area contributed by atoms with Gasteiger partial charge in [-0.15, -0.1) is 0 Å². The Labute approximate surface area is 109 Å². The van der Waals surface area contributed by atoms with Crippen LogP contribution in [0.4, 0.5) is 10.1 Å². The summed E-state index contributed by atoms with van der Waals surface area (Å²) in [5.74, 6) is -2.00. The average Bonchev–Trinajstić information content (AvgIpc) is 2.84. The molecular weight excluding hydrogens is 249 g/mol. The summed E-state index contributed by atoms with van der Waals surface area (Å²) < 4.78 is 13.6. The summed E-state index contributed by atoms with van der Waals surface area (Å²) >= 11 is 0. The number of allylic oxidation sites excluding steroid dienone is 2. The van der Waals surface area contributed by atoms with E-state index in [9.17, 15) is 14.0 Å². The van der Waals surface area contributed by atoms with E-state index in [-0.39, 0.29) is 23.1 Å². The summed E-state index contributed by atoms with van der Waals surface area (Å²) in [7, 11) is 0. The lowest BCUT2D eigenvalue weighted by Gasteiger charge is -2.09. The Hall–Kier alpha value is -2.17. The maximum Gasteiger partial charge on any atom is 0.335 e. The standard InChI is InChI=1S/C14H14FNO3/c15-11-8-10(14(18)19)5-6-12(11)16-13(17)7-9-3-1-2-4-9/h1,3,5-6,8-9H,2,4,7H2,(H,16,17)(H,18,19). The molecule has 0 bridgehead atoms. The van der Waals surface area contributed by atoms with Gasteiger partial charge in [-0.2, -0.15) is 0 Å². The third kappa shape index (κ3) is 3.40. The molecule has 0 aromatic heterocycles. The summed E-state index contributed by atoms with van der Waals surface area (Å²) in [6.07, 6.45) is 6.24. The van der Waals surface area contributed by atoms with Gasteiger partial charge >= 0.3 is 5.97 Å². The Morgan fingerprint density at radius 3 is 2.79 bits per heavy atom. The number of carbonyl (C=O) groups excluding carboxylic acids is 1. The molecule has 2 rings (SSSR count). The topological polar surface area (TPSA) is 66.4 Å². The Balaban J connectivity index is 2.00. The monoisotopic (exact) mass is 263 g/mol. The fourth-order valence-electron chi connectivity index (χ4n) is 2.05. The molecule has 0 saturated carbocycles. The average molecular weight is 263 g/mol. The molecule has 1 unspecified atom stereocenters. The number of carbonyl (C=O) groups is 2. The van der Waals surface area contributed by atoms with Crippen LogP contribution in [0.25, 0.3) is 0 Å². The first kappa shape index (κ1) is 13.3. The van der Waals surface area contributed by atoms with Crippen LogP contribution in [0.5, 0.6) is 0 Å². The number of hydrogen-bond donors (Lipinski definition) is 2. The van der Waals surface area contributed by atoms with Crippen molar-refractivity contribution in [1.29, 1.82) is 0 Å². The van der Waals surface area contributed by atoms with Gasteiger partial charge in [0.05, 0.1) is 11.3 Å². The third-order valence-electron chi connectivity index (χ3n) is 3.05. The van der Waals surface area contributed by atoms with Gasteiger partial charge < -0.3 is 10.4 Å². The molecule has 4 nitrogen and oxygen atoms in total. The van der Waals surface area contributed by atoms with Crippen molar-refractivity contribution in [3.63, 3.8) is 0 Å². The number of anilines is 1. The molecular formula is C14H14FNO3. The van der Waals surface area contributed by atoms with Crippen LogP contribution in [-0.2, 0) is 4.79 Å². The first-order valence-electron chi connectivity index (χ1n) is 6.05. The van der Waals surface area contributed by atoms with E-state index in [0.29, 0.717) is 6.42 Å². The maximum atomic E-state index is 13.6.